The summed E-state index contributed by atoms with van der Waals surface area (Å²) < 4.78 is 14.7. The minimum atomic E-state index is -0.344. The third kappa shape index (κ3) is 4.81. The van der Waals surface area contributed by atoms with E-state index < -0.39 is 0 Å². The number of rotatable bonds is 4. The first kappa shape index (κ1) is 21.1. The van der Waals surface area contributed by atoms with E-state index in [-0.39, 0.29) is 34.1 Å². The van der Waals surface area contributed by atoms with Crippen molar-refractivity contribution in [3.05, 3.63) is 51.8 Å². The van der Waals surface area contributed by atoms with Crippen LogP contribution in [0.1, 0.15) is 57.3 Å². The fraction of sp³-hybridized carbons (Fsp3) is 0.500. The van der Waals surface area contributed by atoms with E-state index in [1.54, 1.807) is 16.8 Å². The Labute approximate surface area is 179 Å². The molecule has 8 nitrogen and oxygen atoms in total. The molecule has 1 fully saturated rings. The van der Waals surface area contributed by atoms with Gasteiger partial charge in [-0.25, -0.2) is 14.1 Å². The van der Waals surface area contributed by atoms with Crippen LogP contribution in [0.25, 0.3) is 11.2 Å². The lowest BCUT2D eigenvalue weighted by atomic mass is 9.90. The van der Waals surface area contributed by atoms with Crippen LogP contribution in [0.15, 0.2) is 29.1 Å². The van der Waals surface area contributed by atoms with E-state index in [2.05, 4.69) is 41.1 Å². The first-order chi connectivity index (χ1) is 14.7. The van der Waals surface area contributed by atoms with Gasteiger partial charge in [-0.15, -0.1) is 5.10 Å². The second-order valence-corrected chi connectivity index (χ2v) is 9.41. The predicted molar refractivity (Wildman–Crippen MR) is 114 cm³/mol. The smallest absolute Gasteiger partial charge is 0.281 e. The van der Waals surface area contributed by atoms with Crippen LogP contribution in [0.3, 0.4) is 0 Å². The molecule has 9 heteroatoms. The molecule has 2 aromatic heterocycles. The van der Waals surface area contributed by atoms with Crippen LogP contribution < -0.4 is 5.56 Å². The van der Waals surface area contributed by atoms with E-state index in [1.165, 1.54) is 12.1 Å². The zero-order chi connectivity index (χ0) is 22.2. The minimum Gasteiger partial charge on any atom is -0.342 e. The third-order valence-corrected chi connectivity index (χ3v) is 5.48. The van der Waals surface area contributed by atoms with Crippen molar-refractivity contribution in [2.24, 2.45) is 5.41 Å². The van der Waals surface area contributed by atoms with Crippen LogP contribution in [0.5, 0.6) is 0 Å². The van der Waals surface area contributed by atoms with Crippen molar-refractivity contribution in [1.82, 2.24) is 29.9 Å². The van der Waals surface area contributed by atoms with Crippen molar-refractivity contribution in [3.8, 4) is 0 Å². The van der Waals surface area contributed by atoms with Crippen LogP contribution >= 0.6 is 0 Å². The Morgan fingerprint density at radius 3 is 2.71 bits per heavy atom. The number of nitrogens with one attached hydrogen (secondary N) is 1. The lowest BCUT2D eigenvalue weighted by Crippen LogP contribution is -2.41. The molecule has 0 aliphatic carbocycles. The van der Waals surface area contributed by atoms with Gasteiger partial charge in [0, 0.05) is 25.4 Å². The summed E-state index contributed by atoms with van der Waals surface area (Å²) >= 11 is 0. The summed E-state index contributed by atoms with van der Waals surface area (Å²) in [6.45, 7) is 7.73. The van der Waals surface area contributed by atoms with E-state index >= 15 is 0 Å². The molecule has 3 heterocycles. The van der Waals surface area contributed by atoms with Gasteiger partial charge in [0.1, 0.15) is 11.6 Å². The zero-order valence-corrected chi connectivity index (χ0v) is 18.1. The van der Waals surface area contributed by atoms with E-state index in [0.717, 1.165) is 24.9 Å². The number of halogens is 1. The molecule has 1 saturated heterocycles. The van der Waals surface area contributed by atoms with Gasteiger partial charge in [0.25, 0.3) is 5.56 Å². The molecule has 0 spiro atoms. The Bertz CT molecular complexity index is 1150. The second kappa shape index (κ2) is 8.20. The van der Waals surface area contributed by atoms with Gasteiger partial charge >= 0.3 is 0 Å². The van der Waals surface area contributed by atoms with Gasteiger partial charge in [-0.05, 0) is 36.0 Å². The normalized spacial score (nSPS) is 17.3. The molecule has 0 radical (unpaired) electrons. The Morgan fingerprint density at radius 1 is 1.26 bits per heavy atom. The number of nitrogens with zero attached hydrogens (tertiary/aromatic N) is 5. The van der Waals surface area contributed by atoms with Crippen molar-refractivity contribution in [2.45, 2.75) is 52.5 Å². The third-order valence-electron chi connectivity index (χ3n) is 5.48. The van der Waals surface area contributed by atoms with Gasteiger partial charge in [-0.2, -0.15) is 0 Å². The molecule has 1 amide bonds. The summed E-state index contributed by atoms with van der Waals surface area (Å²) in [5.41, 5.74) is 0.967. The molecule has 0 bridgehead atoms. The SMILES string of the molecule is CC(C)(C)CC(=O)N1CCC[C@@H](c2nc3c(nnn3Cc3ccc(F)cc3)c(=O)[nH]2)C1. The number of hydrogen-bond donors (Lipinski definition) is 1. The van der Waals surface area contributed by atoms with E-state index in [9.17, 15) is 14.0 Å². The molecule has 1 aliphatic heterocycles. The second-order valence-electron chi connectivity index (χ2n) is 9.41. The molecule has 0 unspecified atom stereocenters. The molecule has 4 rings (SSSR count). The van der Waals surface area contributed by atoms with Crippen molar-refractivity contribution >= 4 is 17.1 Å². The lowest BCUT2D eigenvalue weighted by molar-refractivity contribution is -0.134. The maximum atomic E-state index is 13.2. The molecule has 3 aromatic rings. The Balaban J connectivity index is 1.60. The van der Waals surface area contributed by atoms with Crippen molar-refractivity contribution in [1.29, 1.82) is 0 Å². The molecule has 1 N–H and O–H groups in total. The van der Waals surface area contributed by atoms with Gasteiger partial charge in [0.05, 0.1) is 6.54 Å². The number of likely N-dealkylation sites (tertiary alicyclic amines) is 1. The van der Waals surface area contributed by atoms with Gasteiger partial charge in [0.15, 0.2) is 11.2 Å². The monoisotopic (exact) mass is 426 g/mol. The molecule has 1 aliphatic rings. The number of aromatic nitrogens is 5. The lowest BCUT2D eigenvalue weighted by Gasteiger charge is -2.34. The van der Waals surface area contributed by atoms with Crippen LogP contribution in [0.2, 0.25) is 0 Å². The zero-order valence-electron chi connectivity index (χ0n) is 18.1. The molecule has 0 saturated carbocycles. The highest BCUT2D eigenvalue weighted by atomic mass is 19.1. The first-order valence-electron chi connectivity index (χ1n) is 10.6. The highest BCUT2D eigenvalue weighted by Gasteiger charge is 2.29. The van der Waals surface area contributed by atoms with Gasteiger partial charge < -0.3 is 9.88 Å². The van der Waals surface area contributed by atoms with Gasteiger partial charge in [0.2, 0.25) is 5.91 Å². The molecule has 31 heavy (non-hydrogen) atoms. The summed E-state index contributed by atoms with van der Waals surface area (Å²) in [4.78, 5) is 34.7. The minimum absolute atomic E-state index is 0.0519. The predicted octanol–water partition coefficient (Wildman–Crippen LogP) is 2.84. The quantitative estimate of drug-likeness (QED) is 0.692. The Hall–Kier alpha value is -3.10. The average molecular weight is 426 g/mol. The Morgan fingerprint density at radius 2 is 2.00 bits per heavy atom. The number of carbonyl (C=O) groups excluding carboxylic acids is 1. The number of amides is 1. The van der Waals surface area contributed by atoms with Gasteiger partial charge in [-0.1, -0.05) is 38.1 Å². The number of carbonyl (C=O) groups is 1. The number of H-pyrrole nitrogens is 1. The first-order valence-corrected chi connectivity index (χ1v) is 10.6. The van der Waals surface area contributed by atoms with Crippen LogP contribution in [0.4, 0.5) is 4.39 Å². The topological polar surface area (TPSA) is 96.8 Å². The summed E-state index contributed by atoms with van der Waals surface area (Å²) in [7, 11) is 0. The fourth-order valence-corrected chi connectivity index (χ4v) is 3.94. The molecule has 1 atom stereocenters. The molecular formula is C22H27FN6O2. The number of fused-ring (bicyclic) bond motifs is 1. The van der Waals surface area contributed by atoms with Crippen molar-refractivity contribution in [2.75, 3.05) is 13.1 Å². The summed E-state index contributed by atoms with van der Waals surface area (Å²) in [6.07, 6.45) is 2.18. The number of benzene rings is 1. The van der Waals surface area contributed by atoms with Crippen LogP contribution in [-0.4, -0.2) is 48.9 Å². The number of piperidine rings is 1. The highest BCUT2D eigenvalue weighted by molar-refractivity contribution is 5.77. The number of aromatic amines is 1. The van der Waals surface area contributed by atoms with E-state index in [0.29, 0.717) is 31.0 Å². The highest BCUT2D eigenvalue weighted by Crippen LogP contribution is 2.27. The average Bonchev–Trinajstić information content (AvgIpc) is 3.12. The Kier molecular flexibility index (Phi) is 5.60. The molecular weight excluding hydrogens is 399 g/mol. The maximum Gasteiger partial charge on any atom is 0.281 e. The summed E-state index contributed by atoms with van der Waals surface area (Å²) in [5, 5.41) is 8.04. The molecule has 1 aromatic carbocycles. The molecule has 164 valence electrons. The maximum absolute atomic E-state index is 13.2. The van der Waals surface area contributed by atoms with Crippen molar-refractivity contribution < 1.29 is 9.18 Å². The van der Waals surface area contributed by atoms with Crippen LogP contribution in [0, 0.1) is 11.2 Å². The van der Waals surface area contributed by atoms with E-state index in [1.807, 2.05) is 4.90 Å². The number of hydrogen-bond acceptors (Lipinski definition) is 5. The van der Waals surface area contributed by atoms with Crippen molar-refractivity contribution in [3.63, 3.8) is 0 Å². The van der Waals surface area contributed by atoms with E-state index in [4.69, 9.17) is 0 Å². The fourth-order valence-electron chi connectivity index (χ4n) is 3.94. The van der Waals surface area contributed by atoms with Gasteiger partial charge in [-0.3, -0.25) is 9.59 Å². The largest absolute Gasteiger partial charge is 0.342 e. The summed E-state index contributed by atoms with van der Waals surface area (Å²) in [5.74, 6) is 0.313. The standard InChI is InChI=1S/C22H27FN6O2/c1-22(2,3)11-17(30)28-10-4-5-15(13-28)19-24-20-18(21(31)25-19)26-27-29(20)12-14-6-8-16(23)9-7-14/h6-9,15H,4-5,10-13H2,1-3H3,(H,24,25,31)/t15-/m1/s1. The summed E-state index contributed by atoms with van der Waals surface area (Å²) in [6, 6.07) is 6.09. The van der Waals surface area contributed by atoms with Crippen LogP contribution in [-0.2, 0) is 11.3 Å².